The van der Waals surface area contributed by atoms with Gasteiger partial charge in [0.1, 0.15) is 43.2 Å². The van der Waals surface area contributed by atoms with Crippen LogP contribution in [-0.2, 0) is 32.7 Å². The summed E-state index contributed by atoms with van der Waals surface area (Å²) in [5.74, 6) is -1.09. The number of rotatable bonds is 37. The minimum Gasteiger partial charge on any atom is -0.462 e. The maximum atomic E-state index is 12.8. The third-order valence-electron chi connectivity index (χ3n) is 10.5. The highest BCUT2D eigenvalue weighted by atomic mass is 31.2. The van der Waals surface area contributed by atoms with Crippen molar-refractivity contribution in [2.75, 3.05) is 13.2 Å². The molecule has 0 aromatic heterocycles. The Morgan fingerprint density at radius 2 is 0.946 bits per heavy atom. The average molecular weight is 823 g/mol. The standard InChI is InChI=1S/C42H79O13P/c1-3-5-7-9-11-13-15-17-18-19-21-22-24-26-28-30-35(43)52-32-34(54-36(44)31-29-27-25-23-20-16-14-12-10-8-6-4-2)33-53-56(50,51)55-42-40(48)38(46)37(45)39(47)41(42)49/h3,34,37-42,45-49H,1,4-33H2,2H3,(H,50,51)/t34-,37?,38-,39?,40?,41?,42?/m0/s1. The summed E-state index contributed by atoms with van der Waals surface area (Å²) in [6, 6.07) is 0. The number of allylic oxidation sites excluding steroid dienone is 1. The average Bonchev–Trinajstić information content (AvgIpc) is 3.18. The molecule has 6 N–H and O–H groups in total. The van der Waals surface area contributed by atoms with Crippen molar-refractivity contribution in [2.24, 2.45) is 0 Å². The lowest BCUT2D eigenvalue weighted by Crippen LogP contribution is -2.64. The summed E-state index contributed by atoms with van der Waals surface area (Å²) in [4.78, 5) is 35.6. The monoisotopic (exact) mass is 823 g/mol. The molecule has 1 aliphatic carbocycles. The van der Waals surface area contributed by atoms with E-state index in [1.807, 2.05) is 6.08 Å². The van der Waals surface area contributed by atoms with E-state index in [0.29, 0.717) is 12.8 Å². The quantitative estimate of drug-likeness (QED) is 0.0153. The van der Waals surface area contributed by atoms with E-state index in [-0.39, 0.29) is 12.8 Å². The van der Waals surface area contributed by atoms with Gasteiger partial charge in [0.05, 0.1) is 6.61 Å². The fourth-order valence-electron chi connectivity index (χ4n) is 6.91. The predicted molar refractivity (Wildman–Crippen MR) is 217 cm³/mol. The van der Waals surface area contributed by atoms with Crippen LogP contribution in [0.5, 0.6) is 0 Å². The Kier molecular flexibility index (Phi) is 31.4. The van der Waals surface area contributed by atoms with E-state index in [1.165, 1.54) is 103 Å². The van der Waals surface area contributed by atoms with E-state index in [1.54, 1.807) is 0 Å². The van der Waals surface area contributed by atoms with Crippen molar-refractivity contribution in [1.82, 2.24) is 0 Å². The topological polar surface area (TPSA) is 210 Å². The zero-order valence-corrected chi connectivity index (χ0v) is 35.4. The van der Waals surface area contributed by atoms with Gasteiger partial charge < -0.3 is 39.9 Å². The van der Waals surface area contributed by atoms with Crippen LogP contribution in [0.1, 0.15) is 187 Å². The zero-order valence-electron chi connectivity index (χ0n) is 34.5. The molecule has 13 nitrogen and oxygen atoms in total. The van der Waals surface area contributed by atoms with Crippen molar-refractivity contribution in [3.05, 3.63) is 12.7 Å². The highest BCUT2D eigenvalue weighted by molar-refractivity contribution is 7.47. The van der Waals surface area contributed by atoms with E-state index in [2.05, 4.69) is 13.5 Å². The lowest BCUT2D eigenvalue weighted by molar-refractivity contribution is -0.220. The Bertz CT molecular complexity index is 1030. The molecule has 0 amide bonds. The van der Waals surface area contributed by atoms with Gasteiger partial charge in [-0.2, -0.15) is 0 Å². The summed E-state index contributed by atoms with van der Waals surface area (Å²) < 4.78 is 33.4. The van der Waals surface area contributed by atoms with Gasteiger partial charge in [-0.05, 0) is 25.7 Å². The van der Waals surface area contributed by atoms with Gasteiger partial charge >= 0.3 is 19.8 Å². The summed E-state index contributed by atoms with van der Waals surface area (Å²) in [6.07, 6.45) is 18.8. The molecule has 0 bridgehead atoms. The summed E-state index contributed by atoms with van der Waals surface area (Å²) >= 11 is 0. The second-order valence-corrected chi connectivity index (χ2v) is 17.1. The van der Waals surface area contributed by atoms with Crippen molar-refractivity contribution in [3.8, 4) is 0 Å². The number of hydrogen-bond donors (Lipinski definition) is 6. The van der Waals surface area contributed by atoms with Gasteiger partial charge in [0, 0.05) is 12.8 Å². The number of carbonyl (C=O) groups is 2. The summed E-state index contributed by atoms with van der Waals surface area (Å²) in [6.45, 7) is 4.81. The Balaban J connectivity index is 2.46. The maximum Gasteiger partial charge on any atom is 0.472 e. The molecule has 56 heavy (non-hydrogen) atoms. The van der Waals surface area contributed by atoms with Gasteiger partial charge in [-0.25, -0.2) is 4.57 Å². The van der Waals surface area contributed by atoms with Crippen LogP contribution >= 0.6 is 7.82 Å². The van der Waals surface area contributed by atoms with Gasteiger partial charge in [0.15, 0.2) is 6.10 Å². The van der Waals surface area contributed by atoms with Crippen LogP contribution in [0.3, 0.4) is 0 Å². The lowest BCUT2D eigenvalue weighted by Gasteiger charge is -2.41. The highest BCUT2D eigenvalue weighted by Gasteiger charge is 2.51. The fraction of sp³-hybridized carbons (Fsp3) is 0.905. The highest BCUT2D eigenvalue weighted by Crippen LogP contribution is 2.47. The van der Waals surface area contributed by atoms with Crippen LogP contribution in [0.15, 0.2) is 12.7 Å². The van der Waals surface area contributed by atoms with E-state index >= 15 is 0 Å². The molecule has 1 saturated carbocycles. The van der Waals surface area contributed by atoms with Crippen molar-refractivity contribution in [2.45, 2.75) is 229 Å². The predicted octanol–water partition coefficient (Wildman–Crippen LogP) is 7.89. The maximum absolute atomic E-state index is 12.8. The lowest BCUT2D eigenvalue weighted by atomic mass is 9.85. The van der Waals surface area contributed by atoms with Crippen LogP contribution in [0.2, 0.25) is 0 Å². The molecule has 1 aliphatic rings. The number of phosphoric ester groups is 1. The van der Waals surface area contributed by atoms with Crippen LogP contribution < -0.4 is 0 Å². The Morgan fingerprint density at radius 3 is 1.38 bits per heavy atom. The molecular weight excluding hydrogens is 743 g/mol. The van der Waals surface area contributed by atoms with Crippen molar-refractivity contribution in [3.63, 3.8) is 0 Å². The van der Waals surface area contributed by atoms with Crippen molar-refractivity contribution in [1.29, 1.82) is 0 Å². The fourth-order valence-corrected chi connectivity index (χ4v) is 7.89. The number of carbonyl (C=O) groups excluding carboxylic acids is 2. The Labute approximate surface area is 337 Å². The number of unbranched alkanes of at least 4 members (excludes halogenated alkanes) is 24. The summed E-state index contributed by atoms with van der Waals surface area (Å²) in [5, 5.41) is 50.0. The minimum absolute atomic E-state index is 0.101. The first kappa shape index (κ1) is 52.6. The van der Waals surface area contributed by atoms with Crippen LogP contribution in [0, 0.1) is 0 Å². The second-order valence-electron chi connectivity index (χ2n) is 15.6. The van der Waals surface area contributed by atoms with Crippen molar-refractivity contribution >= 4 is 19.8 Å². The first-order valence-electron chi connectivity index (χ1n) is 22.0. The van der Waals surface area contributed by atoms with Crippen LogP contribution in [-0.4, -0.2) is 98.3 Å². The van der Waals surface area contributed by atoms with Gasteiger partial charge in [-0.1, -0.05) is 154 Å². The van der Waals surface area contributed by atoms with E-state index in [9.17, 15) is 44.6 Å². The molecule has 0 radical (unpaired) electrons. The summed E-state index contributed by atoms with van der Waals surface area (Å²) in [7, 11) is -5.11. The van der Waals surface area contributed by atoms with Crippen LogP contribution in [0.4, 0.5) is 0 Å². The molecule has 330 valence electrons. The van der Waals surface area contributed by atoms with Crippen molar-refractivity contribution < 1.29 is 63.1 Å². The third-order valence-corrected chi connectivity index (χ3v) is 11.5. The minimum atomic E-state index is -5.11. The van der Waals surface area contributed by atoms with E-state index in [4.69, 9.17) is 18.5 Å². The molecule has 1 rings (SSSR count). The molecular formula is C42H79O13P. The molecule has 0 spiro atoms. The van der Waals surface area contributed by atoms with Gasteiger partial charge in [0.2, 0.25) is 0 Å². The third kappa shape index (κ3) is 25.8. The first-order chi connectivity index (χ1) is 26.9. The first-order valence-corrected chi connectivity index (χ1v) is 23.4. The molecule has 1 fully saturated rings. The van der Waals surface area contributed by atoms with E-state index in [0.717, 1.165) is 51.4 Å². The number of ether oxygens (including phenoxy) is 2. The number of hydrogen-bond acceptors (Lipinski definition) is 12. The Hall–Kier alpha value is -1.41. The van der Waals surface area contributed by atoms with Crippen LogP contribution in [0.25, 0.3) is 0 Å². The molecule has 0 aromatic rings. The number of aliphatic hydroxyl groups is 5. The number of esters is 2. The SMILES string of the molecule is C=CCCCCCCCCCCCCCCCC(=O)OC[C@@H](COP(=O)(O)OC1C(O)C(O)C(O)[C@H](O)C1O)OC(=O)CCCCCCCCCCCCCC. The Morgan fingerprint density at radius 1 is 0.571 bits per heavy atom. The largest absolute Gasteiger partial charge is 0.472 e. The normalized spacial score (nSPS) is 22.7. The molecule has 0 saturated heterocycles. The molecule has 14 heteroatoms. The second kappa shape index (κ2) is 33.4. The van der Waals surface area contributed by atoms with Gasteiger partial charge in [-0.15, -0.1) is 6.58 Å². The molecule has 0 aliphatic heterocycles. The van der Waals surface area contributed by atoms with E-state index < -0.39 is 75.7 Å². The molecule has 8 atom stereocenters. The van der Waals surface area contributed by atoms with Gasteiger partial charge in [-0.3, -0.25) is 18.6 Å². The number of aliphatic hydroxyl groups excluding tert-OH is 5. The number of phosphoric acid groups is 1. The summed E-state index contributed by atoms with van der Waals surface area (Å²) in [5.41, 5.74) is 0. The molecule has 0 heterocycles. The zero-order chi connectivity index (χ0) is 41.4. The molecule has 0 aromatic carbocycles. The smallest absolute Gasteiger partial charge is 0.462 e. The van der Waals surface area contributed by atoms with Gasteiger partial charge in [0.25, 0.3) is 0 Å². The molecule has 6 unspecified atom stereocenters.